The first-order valence-electron chi connectivity index (χ1n) is 1.73. The summed E-state index contributed by atoms with van der Waals surface area (Å²) >= 11 is 0. The van der Waals surface area contributed by atoms with Crippen LogP contribution in [0.15, 0.2) is 0 Å². The summed E-state index contributed by atoms with van der Waals surface area (Å²) in [6, 6.07) is 0. The topological polar surface area (TPSA) is 20.2 Å². The van der Waals surface area contributed by atoms with Gasteiger partial charge in [-0.1, -0.05) is 0 Å². The molecule has 1 N–H and O–H groups in total. The van der Waals surface area contributed by atoms with Gasteiger partial charge in [0.05, 0.1) is 0 Å². The predicted molar refractivity (Wildman–Crippen MR) is 20.3 cm³/mol. The SMILES string of the molecule is CC(F)(F)C(O)(F)F.F. The summed E-state index contributed by atoms with van der Waals surface area (Å²) < 4.78 is 44.5. The fourth-order valence-electron chi connectivity index (χ4n) is 0. The average molecular weight is 152 g/mol. The standard InChI is InChI=1S/C3H4F4O.FH/c1-2(4,5)3(6,7)8;/h8H,1H3;1H. The predicted octanol–water partition coefficient (Wildman–Crippen LogP) is 1.38. The Labute approximate surface area is 47.7 Å². The lowest BCUT2D eigenvalue weighted by Gasteiger charge is -2.15. The minimum atomic E-state index is -4.90. The second-order valence-electron chi connectivity index (χ2n) is 1.43. The Bertz CT molecular complexity index is 67.2. The molecule has 1 nitrogen and oxygen atoms in total. The molecule has 0 amide bonds. The molecule has 0 saturated heterocycles. The van der Waals surface area contributed by atoms with Crippen LogP contribution < -0.4 is 0 Å². The van der Waals surface area contributed by atoms with Gasteiger partial charge in [0.1, 0.15) is 0 Å². The first kappa shape index (κ1) is 11.4. The number of halogens is 5. The molecule has 58 valence electrons. The van der Waals surface area contributed by atoms with Crippen molar-refractivity contribution in [1.29, 1.82) is 0 Å². The third-order valence-electron chi connectivity index (χ3n) is 0.528. The third kappa shape index (κ3) is 3.23. The van der Waals surface area contributed by atoms with E-state index in [1.165, 1.54) is 0 Å². The highest BCUT2D eigenvalue weighted by Crippen LogP contribution is 2.30. The van der Waals surface area contributed by atoms with Gasteiger partial charge in [-0.25, -0.2) is 0 Å². The smallest absolute Gasteiger partial charge is 0.332 e. The van der Waals surface area contributed by atoms with E-state index in [0.29, 0.717) is 0 Å². The number of hydrogen-bond donors (Lipinski definition) is 1. The molecule has 0 rings (SSSR count). The highest BCUT2D eigenvalue weighted by molar-refractivity contribution is 4.66. The Morgan fingerprint density at radius 2 is 1.22 bits per heavy atom. The molecule has 0 saturated carbocycles. The number of rotatable bonds is 1. The summed E-state index contributed by atoms with van der Waals surface area (Å²) in [7, 11) is 0. The lowest BCUT2D eigenvalue weighted by Crippen LogP contribution is -2.36. The van der Waals surface area contributed by atoms with Gasteiger partial charge in [0.15, 0.2) is 0 Å². The van der Waals surface area contributed by atoms with Gasteiger partial charge in [-0.2, -0.15) is 17.6 Å². The van der Waals surface area contributed by atoms with E-state index in [0.717, 1.165) is 0 Å². The van der Waals surface area contributed by atoms with E-state index in [-0.39, 0.29) is 11.6 Å². The van der Waals surface area contributed by atoms with Gasteiger partial charge in [0, 0.05) is 6.92 Å². The van der Waals surface area contributed by atoms with E-state index in [4.69, 9.17) is 5.11 Å². The number of hydrogen-bond acceptors (Lipinski definition) is 1. The summed E-state index contributed by atoms with van der Waals surface area (Å²) in [6.45, 7) is -0.0625. The van der Waals surface area contributed by atoms with Gasteiger partial charge < -0.3 is 5.11 Å². The minimum absolute atomic E-state index is 0. The van der Waals surface area contributed by atoms with Crippen molar-refractivity contribution in [2.45, 2.75) is 19.0 Å². The molecule has 0 radical (unpaired) electrons. The van der Waals surface area contributed by atoms with Crippen LogP contribution in [-0.4, -0.2) is 17.1 Å². The zero-order valence-electron chi connectivity index (χ0n) is 4.37. The van der Waals surface area contributed by atoms with E-state index in [2.05, 4.69) is 0 Å². The Morgan fingerprint density at radius 3 is 1.22 bits per heavy atom. The maximum absolute atomic E-state index is 11.2. The van der Waals surface area contributed by atoms with Crippen molar-refractivity contribution >= 4 is 0 Å². The Balaban J connectivity index is 0. The largest absolute Gasteiger partial charge is 0.416 e. The molecule has 0 bridgehead atoms. The van der Waals surface area contributed by atoms with E-state index < -0.39 is 12.0 Å². The second kappa shape index (κ2) is 2.47. The van der Waals surface area contributed by atoms with E-state index in [1.807, 2.05) is 0 Å². The first-order valence-corrected chi connectivity index (χ1v) is 1.73. The van der Waals surface area contributed by atoms with Gasteiger partial charge in [-0.05, 0) is 0 Å². The van der Waals surface area contributed by atoms with Crippen molar-refractivity contribution in [2.75, 3.05) is 0 Å². The average Bonchev–Trinajstić information content (AvgIpc) is 1.25. The van der Waals surface area contributed by atoms with Crippen LogP contribution in [0.2, 0.25) is 0 Å². The normalized spacial score (nSPS) is 12.7. The van der Waals surface area contributed by atoms with Crippen molar-refractivity contribution < 1.29 is 27.4 Å². The summed E-state index contributed by atoms with van der Waals surface area (Å²) in [4.78, 5) is 0. The van der Waals surface area contributed by atoms with E-state index in [9.17, 15) is 17.6 Å². The lowest BCUT2D eigenvalue weighted by atomic mass is 10.4. The monoisotopic (exact) mass is 152 g/mol. The summed E-state index contributed by atoms with van der Waals surface area (Å²) in [5.74, 6) is -4.34. The zero-order chi connectivity index (χ0) is 7.00. The van der Waals surface area contributed by atoms with Crippen LogP contribution in [0.4, 0.5) is 22.3 Å². The van der Waals surface area contributed by atoms with Crippen LogP contribution in [0.1, 0.15) is 6.92 Å². The minimum Gasteiger partial charge on any atom is -0.332 e. The molecule has 0 unspecified atom stereocenters. The molecule has 0 atom stereocenters. The maximum atomic E-state index is 11.2. The van der Waals surface area contributed by atoms with E-state index >= 15 is 0 Å². The van der Waals surface area contributed by atoms with Crippen LogP contribution >= 0.6 is 0 Å². The van der Waals surface area contributed by atoms with Crippen molar-refractivity contribution in [3.8, 4) is 0 Å². The highest BCUT2D eigenvalue weighted by Gasteiger charge is 2.50. The third-order valence-corrected chi connectivity index (χ3v) is 0.528. The number of alkyl halides is 4. The van der Waals surface area contributed by atoms with Crippen LogP contribution in [0.25, 0.3) is 0 Å². The highest BCUT2D eigenvalue weighted by atomic mass is 19.3. The molecule has 0 aromatic rings. The van der Waals surface area contributed by atoms with Gasteiger partial charge in [-0.15, -0.1) is 0 Å². The molecule has 0 aliphatic rings. The van der Waals surface area contributed by atoms with Gasteiger partial charge in [-0.3, -0.25) is 4.70 Å². The van der Waals surface area contributed by atoms with Crippen LogP contribution in [0.3, 0.4) is 0 Å². The van der Waals surface area contributed by atoms with Crippen molar-refractivity contribution in [2.24, 2.45) is 0 Å². The summed E-state index contributed by atoms with van der Waals surface area (Å²) in [5, 5.41) is 7.27. The Morgan fingerprint density at radius 1 is 1.11 bits per heavy atom. The maximum Gasteiger partial charge on any atom is 0.416 e. The van der Waals surface area contributed by atoms with Gasteiger partial charge in [0.25, 0.3) is 0 Å². The molecule has 0 aromatic heterocycles. The Hall–Kier alpha value is -0.390. The fourth-order valence-corrected chi connectivity index (χ4v) is 0. The van der Waals surface area contributed by atoms with Crippen molar-refractivity contribution in [3.63, 3.8) is 0 Å². The van der Waals surface area contributed by atoms with Gasteiger partial charge >= 0.3 is 12.0 Å². The molecular formula is C3H5F5O. The second-order valence-corrected chi connectivity index (χ2v) is 1.43. The summed E-state index contributed by atoms with van der Waals surface area (Å²) in [6.07, 6.45) is -4.90. The molecule has 6 heteroatoms. The molecule has 0 aliphatic carbocycles. The zero-order valence-corrected chi connectivity index (χ0v) is 4.37. The molecule has 0 spiro atoms. The molecular weight excluding hydrogens is 147 g/mol. The Kier molecular flexibility index (Phi) is 3.13. The van der Waals surface area contributed by atoms with Crippen LogP contribution in [0, 0.1) is 0 Å². The quantitative estimate of drug-likeness (QED) is 0.562. The van der Waals surface area contributed by atoms with E-state index in [1.54, 1.807) is 0 Å². The molecule has 0 aliphatic heterocycles. The number of aliphatic hydroxyl groups is 1. The van der Waals surface area contributed by atoms with Crippen molar-refractivity contribution in [3.05, 3.63) is 0 Å². The lowest BCUT2D eigenvalue weighted by molar-refractivity contribution is -0.318. The molecule has 0 aromatic carbocycles. The molecule has 9 heavy (non-hydrogen) atoms. The van der Waals surface area contributed by atoms with Crippen LogP contribution in [0.5, 0.6) is 0 Å². The van der Waals surface area contributed by atoms with Gasteiger partial charge in [0.2, 0.25) is 0 Å². The summed E-state index contributed by atoms with van der Waals surface area (Å²) in [5.41, 5.74) is 0. The fraction of sp³-hybridized carbons (Fsp3) is 1.00. The first-order chi connectivity index (χ1) is 3.25. The van der Waals surface area contributed by atoms with Crippen molar-refractivity contribution in [1.82, 2.24) is 0 Å². The van der Waals surface area contributed by atoms with Crippen LogP contribution in [-0.2, 0) is 0 Å². The molecule has 0 fully saturated rings. The molecule has 0 heterocycles.